The lowest BCUT2D eigenvalue weighted by Crippen LogP contribution is -2.05. The van der Waals surface area contributed by atoms with Gasteiger partial charge in [-0.2, -0.15) is 0 Å². The zero-order valence-electron chi connectivity index (χ0n) is 22.7. The standard InChI is InChI=1S/C34H35NO4/c1-23(2)39-29-15-11-27(12-16-29)34-24(3)33-30(21-25-9-13-28(14-10-25)37-20-19-36)32(18-17-31(33)35-34)38-22-26-7-5-4-6-8-26/h4-18,23,35-36H,19-22H2,1-3H3. The number of aryl methyl sites for hydroxylation is 1. The van der Waals surface area contributed by atoms with Crippen molar-refractivity contribution >= 4 is 10.9 Å². The molecule has 2 N–H and O–H groups in total. The average molecular weight is 522 g/mol. The molecule has 0 unspecified atom stereocenters. The van der Waals surface area contributed by atoms with Gasteiger partial charge < -0.3 is 24.3 Å². The van der Waals surface area contributed by atoms with Crippen LogP contribution in [0.3, 0.4) is 0 Å². The van der Waals surface area contributed by atoms with E-state index in [9.17, 15) is 0 Å². The van der Waals surface area contributed by atoms with E-state index in [2.05, 4.69) is 60.4 Å². The smallest absolute Gasteiger partial charge is 0.124 e. The summed E-state index contributed by atoms with van der Waals surface area (Å²) in [5.74, 6) is 2.49. The highest BCUT2D eigenvalue weighted by molar-refractivity contribution is 5.94. The largest absolute Gasteiger partial charge is 0.491 e. The number of fused-ring (bicyclic) bond motifs is 1. The van der Waals surface area contributed by atoms with E-state index in [0.29, 0.717) is 13.0 Å². The molecule has 0 aliphatic heterocycles. The number of aromatic amines is 1. The Balaban J connectivity index is 1.52. The summed E-state index contributed by atoms with van der Waals surface area (Å²) in [4.78, 5) is 3.66. The monoisotopic (exact) mass is 521 g/mol. The van der Waals surface area contributed by atoms with Gasteiger partial charge >= 0.3 is 0 Å². The number of rotatable bonds is 11. The Morgan fingerprint density at radius 3 is 2.18 bits per heavy atom. The summed E-state index contributed by atoms with van der Waals surface area (Å²) in [6.45, 7) is 7.01. The highest BCUT2D eigenvalue weighted by Crippen LogP contribution is 2.38. The molecule has 0 radical (unpaired) electrons. The average Bonchev–Trinajstić information content (AvgIpc) is 3.29. The molecule has 0 atom stereocenters. The van der Waals surface area contributed by atoms with Crippen molar-refractivity contribution in [3.05, 3.63) is 113 Å². The fourth-order valence-corrected chi connectivity index (χ4v) is 4.89. The molecular formula is C34H35NO4. The molecule has 0 spiro atoms. The van der Waals surface area contributed by atoms with Crippen molar-refractivity contribution in [3.8, 4) is 28.5 Å². The van der Waals surface area contributed by atoms with Gasteiger partial charge in [0.2, 0.25) is 0 Å². The van der Waals surface area contributed by atoms with Crippen LogP contribution in [0.15, 0.2) is 91.0 Å². The minimum absolute atomic E-state index is 0.00552. The van der Waals surface area contributed by atoms with E-state index in [1.807, 2.05) is 56.3 Å². The number of nitrogens with one attached hydrogen (secondary N) is 1. The van der Waals surface area contributed by atoms with Crippen molar-refractivity contribution in [1.82, 2.24) is 4.98 Å². The molecule has 5 heteroatoms. The first-order valence-electron chi connectivity index (χ1n) is 13.4. The maximum atomic E-state index is 9.05. The Labute approximate surface area is 230 Å². The number of benzene rings is 4. The van der Waals surface area contributed by atoms with Gasteiger partial charge in [0, 0.05) is 28.6 Å². The minimum Gasteiger partial charge on any atom is -0.491 e. The Morgan fingerprint density at radius 2 is 1.49 bits per heavy atom. The van der Waals surface area contributed by atoms with Gasteiger partial charge in [-0.1, -0.05) is 42.5 Å². The minimum atomic E-state index is -0.00552. The fraction of sp³-hybridized carbons (Fsp3) is 0.235. The van der Waals surface area contributed by atoms with Crippen molar-refractivity contribution in [2.75, 3.05) is 13.2 Å². The Bertz CT molecular complexity index is 1500. The van der Waals surface area contributed by atoms with Crippen LogP contribution in [-0.4, -0.2) is 29.4 Å². The molecule has 1 aromatic heterocycles. The third kappa shape index (κ3) is 6.27. The fourth-order valence-electron chi connectivity index (χ4n) is 4.89. The summed E-state index contributed by atoms with van der Waals surface area (Å²) >= 11 is 0. The van der Waals surface area contributed by atoms with Crippen molar-refractivity contribution < 1.29 is 19.3 Å². The van der Waals surface area contributed by atoms with Gasteiger partial charge in [0.05, 0.1) is 12.7 Å². The molecule has 0 amide bonds. The molecule has 1 heterocycles. The van der Waals surface area contributed by atoms with Crippen LogP contribution in [0.5, 0.6) is 17.2 Å². The van der Waals surface area contributed by atoms with E-state index in [1.165, 1.54) is 10.9 Å². The number of aliphatic hydroxyl groups is 1. The second-order valence-corrected chi connectivity index (χ2v) is 9.95. The number of hydrogen-bond donors (Lipinski definition) is 2. The third-order valence-corrected chi connectivity index (χ3v) is 6.70. The number of H-pyrrole nitrogens is 1. The van der Waals surface area contributed by atoms with Crippen LogP contribution in [0.2, 0.25) is 0 Å². The summed E-state index contributed by atoms with van der Waals surface area (Å²) in [6.07, 6.45) is 0.846. The lowest BCUT2D eigenvalue weighted by molar-refractivity contribution is 0.201. The van der Waals surface area contributed by atoms with E-state index in [0.717, 1.165) is 50.7 Å². The Kier molecular flexibility index (Phi) is 8.18. The summed E-state index contributed by atoms with van der Waals surface area (Å²) < 4.78 is 17.8. The first-order chi connectivity index (χ1) is 19.0. The van der Waals surface area contributed by atoms with Gasteiger partial charge in [-0.3, -0.25) is 0 Å². The molecule has 200 valence electrons. The van der Waals surface area contributed by atoms with Crippen molar-refractivity contribution in [2.24, 2.45) is 0 Å². The molecule has 5 rings (SSSR count). The molecule has 0 saturated heterocycles. The number of aromatic nitrogens is 1. The molecule has 0 aliphatic carbocycles. The zero-order chi connectivity index (χ0) is 27.2. The lowest BCUT2D eigenvalue weighted by Gasteiger charge is -2.14. The predicted molar refractivity (Wildman–Crippen MR) is 157 cm³/mol. The van der Waals surface area contributed by atoms with Crippen molar-refractivity contribution in [2.45, 2.75) is 39.9 Å². The number of hydrogen-bond acceptors (Lipinski definition) is 4. The highest BCUT2D eigenvalue weighted by atomic mass is 16.5. The van der Waals surface area contributed by atoms with Crippen LogP contribution in [0.25, 0.3) is 22.2 Å². The van der Waals surface area contributed by atoms with Crippen LogP contribution >= 0.6 is 0 Å². The lowest BCUT2D eigenvalue weighted by atomic mass is 9.97. The normalized spacial score (nSPS) is 11.2. The second-order valence-electron chi connectivity index (χ2n) is 9.95. The molecular weight excluding hydrogens is 486 g/mol. The Hall–Kier alpha value is -4.22. The van der Waals surface area contributed by atoms with Gasteiger partial charge in [0.1, 0.15) is 30.5 Å². The molecule has 4 aromatic carbocycles. The maximum absolute atomic E-state index is 9.05. The third-order valence-electron chi connectivity index (χ3n) is 6.70. The quantitative estimate of drug-likeness (QED) is 0.189. The first kappa shape index (κ1) is 26.4. The predicted octanol–water partition coefficient (Wildman–Crippen LogP) is 7.47. The molecule has 0 bridgehead atoms. The van der Waals surface area contributed by atoms with Gasteiger partial charge in [-0.05, 0) is 91.6 Å². The topological polar surface area (TPSA) is 63.7 Å². The van der Waals surface area contributed by atoms with Crippen LogP contribution in [0.4, 0.5) is 0 Å². The maximum Gasteiger partial charge on any atom is 0.124 e. The second kappa shape index (κ2) is 12.1. The first-order valence-corrected chi connectivity index (χ1v) is 13.4. The molecule has 0 aliphatic rings. The molecule has 5 nitrogen and oxygen atoms in total. The summed E-state index contributed by atoms with van der Waals surface area (Å²) in [6, 6.07) is 30.7. The Morgan fingerprint density at radius 1 is 0.769 bits per heavy atom. The van der Waals surface area contributed by atoms with Crippen LogP contribution in [0.1, 0.15) is 36.1 Å². The van der Waals surface area contributed by atoms with E-state index in [-0.39, 0.29) is 19.3 Å². The van der Waals surface area contributed by atoms with E-state index >= 15 is 0 Å². The molecule has 0 fully saturated rings. The summed E-state index contributed by atoms with van der Waals surface area (Å²) in [5.41, 5.74) is 7.90. The zero-order valence-corrected chi connectivity index (χ0v) is 22.7. The molecule has 5 aromatic rings. The summed E-state index contributed by atoms with van der Waals surface area (Å²) in [5, 5.41) is 10.2. The van der Waals surface area contributed by atoms with Gasteiger partial charge in [0.25, 0.3) is 0 Å². The summed E-state index contributed by atoms with van der Waals surface area (Å²) in [7, 11) is 0. The molecule has 39 heavy (non-hydrogen) atoms. The SMILES string of the molecule is Cc1c(-c2ccc(OC(C)C)cc2)[nH]c2ccc(OCc3ccccc3)c(Cc3ccc(OCCO)cc3)c12. The van der Waals surface area contributed by atoms with E-state index < -0.39 is 0 Å². The highest BCUT2D eigenvalue weighted by Gasteiger charge is 2.18. The van der Waals surface area contributed by atoms with Crippen LogP contribution < -0.4 is 14.2 Å². The van der Waals surface area contributed by atoms with Gasteiger partial charge in [0.15, 0.2) is 0 Å². The van der Waals surface area contributed by atoms with Crippen molar-refractivity contribution in [3.63, 3.8) is 0 Å². The number of aliphatic hydroxyl groups excluding tert-OH is 1. The van der Waals surface area contributed by atoms with Gasteiger partial charge in [-0.25, -0.2) is 0 Å². The van der Waals surface area contributed by atoms with E-state index in [1.54, 1.807) is 0 Å². The van der Waals surface area contributed by atoms with E-state index in [4.69, 9.17) is 19.3 Å². The van der Waals surface area contributed by atoms with Crippen LogP contribution in [0, 0.1) is 6.92 Å². The van der Waals surface area contributed by atoms with Crippen LogP contribution in [-0.2, 0) is 13.0 Å². The molecule has 0 saturated carbocycles. The number of ether oxygens (including phenoxy) is 3. The van der Waals surface area contributed by atoms with Crippen molar-refractivity contribution in [1.29, 1.82) is 0 Å². The van der Waals surface area contributed by atoms with Gasteiger partial charge in [-0.15, -0.1) is 0 Å².